The molecule has 0 atom stereocenters. The number of benzene rings is 1. The van der Waals surface area contributed by atoms with Gasteiger partial charge in [-0.2, -0.15) is 0 Å². The van der Waals surface area contributed by atoms with E-state index in [1.807, 2.05) is 0 Å². The average Bonchev–Trinajstić information content (AvgIpc) is 2.48. The minimum atomic E-state index is -0.323. The molecule has 2 heterocycles. The van der Waals surface area contributed by atoms with Crippen LogP contribution in [0.2, 0.25) is 0 Å². The SMILES string of the molecule is O=C(CCn1[nH]c(=O)c2ccccc2c1=O)NCC1CNC1. The van der Waals surface area contributed by atoms with Gasteiger partial charge in [-0.25, -0.2) is 4.68 Å². The van der Waals surface area contributed by atoms with Gasteiger partial charge in [0.2, 0.25) is 5.91 Å². The summed E-state index contributed by atoms with van der Waals surface area (Å²) in [7, 11) is 0. The van der Waals surface area contributed by atoms with Crippen LogP contribution in [0.25, 0.3) is 10.8 Å². The Hall–Kier alpha value is -2.41. The zero-order valence-corrected chi connectivity index (χ0v) is 12.1. The Morgan fingerprint density at radius 2 is 1.95 bits per heavy atom. The van der Waals surface area contributed by atoms with Crippen LogP contribution in [0.5, 0.6) is 0 Å². The number of hydrogen-bond donors (Lipinski definition) is 3. The number of nitrogens with one attached hydrogen (secondary N) is 3. The molecule has 0 saturated carbocycles. The van der Waals surface area contributed by atoms with E-state index in [0.29, 0.717) is 23.2 Å². The number of H-pyrrole nitrogens is 1. The summed E-state index contributed by atoms with van der Waals surface area (Å²) < 4.78 is 1.20. The van der Waals surface area contributed by atoms with Crippen molar-refractivity contribution in [3.63, 3.8) is 0 Å². The van der Waals surface area contributed by atoms with Crippen LogP contribution < -0.4 is 21.8 Å². The van der Waals surface area contributed by atoms with Gasteiger partial charge in [-0.1, -0.05) is 12.1 Å². The highest BCUT2D eigenvalue weighted by atomic mass is 16.2. The monoisotopic (exact) mass is 302 g/mol. The zero-order chi connectivity index (χ0) is 15.5. The van der Waals surface area contributed by atoms with E-state index in [0.717, 1.165) is 13.1 Å². The van der Waals surface area contributed by atoms with Crippen molar-refractivity contribution in [2.45, 2.75) is 13.0 Å². The van der Waals surface area contributed by atoms with Crippen molar-refractivity contribution < 1.29 is 4.79 Å². The molecule has 0 aliphatic carbocycles. The molecule has 0 bridgehead atoms. The molecule has 7 heteroatoms. The normalized spacial score (nSPS) is 14.7. The van der Waals surface area contributed by atoms with Gasteiger partial charge in [-0.15, -0.1) is 0 Å². The first-order valence-corrected chi connectivity index (χ1v) is 7.34. The van der Waals surface area contributed by atoms with E-state index in [9.17, 15) is 14.4 Å². The number of hydrogen-bond acceptors (Lipinski definition) is 4. The first-order valence-electron chi connectivity index (χ1n) is 7.34. The van der Waals surface area contributed by atoms with Gasteiger partial charge in [0.1, 0.15) is 0 Å². The molecule has 3 rings (SSSR count). The van der Waals surface area contributed by atoms with E-state index in [1.54, 1.807) is 24.3 Å². The van der Waals surface area contributed by atoms with Crippen LogP contribution >= 0.6 is 0 Å². The highest BCUT2D eigenvalue weighted by Crippen LogP contribution is 2.03. The fourth-order valence-corrected chi connectivity index (χ4v) is 2.46. The minimum absolute atomic E-state index is 0.118. The maximum Gasteiger partial charge on any atom is 0.273 e. The minimum Gasteiger partial charge on any atom is -0.356 e. The number of fused-ring (bicyclic) bond motifs is 1. The summed E-state index contributed by atoms with van der Waals surface area (Å²) in [6.07, 6.45) is 0.161. The molecular formula is C15H18N4O3. The number of aromatic amines is 1. The molecule has 1 saturated heterocycles. The molecule has 1 aromatic carbocycles. The van der Waals surface area contributed by atoms with Gasteiger partial charge in [0.05, 0.1) is 17.3 Å². The number of aryl methyl sites for hydroxylation is 1. The van der Waals surface area contributed by atoms with Crippen LogP contribution in [0.3, 0.4) is 0 Å². The van der Waals surface area contributed by atoms with Gasteiger partial charge < -0.3 is 10.6 Å². The van der Waals surface area contributed by atoms with Gasteiger partial charge in [0.15, 0.2) is 0 Å². The Labute approximate surface area is 126 Å². The number of rotatable bonds is 5. The van der Waals surface area contributed by atoms with Crippen molar-refractivity contribution in [1.29, 1.82) is 0 Å². The summed E-state index contributed by atoms with van der Waals surface area (Å²) >= 11 is 0. The Kier molecular flexibility index (Phi) is 4.06. The molecule has 2 aromatic rings. The van der Waals surface area contributed by atoms with E-state index in [1.165, 1.54) is 4.68 Å². The molecule has 3 N–H and O–H groups in total. The number of nitrogens with zero attached hydrogens (tertiary/aromatic N) is 1. The van der Waals surface area contributed by atoms with E-state index < -0.39 is 0 Å². The molecule has 1 amide bonds. The third-order valence-electron chi connectivity index (χ3n) is 3.90. The highest BCUT2D eigenvalue weighted by Gasteiger charge is 2.17. The molecule has 0 unspecified atom stereocenters. The van der Waals surface area contributed by atoms with Crippen molar-refractivity contribution in [2.24, 2.45) is 5.92 Å². The summed E-state index contributed by atoms with van der Waals surface area (Å²) in [5.74, 6) is 0.375. The standard InChI is InChI=1S/C15H18N4O3/c20-13(17-9-10-7-16-8-10)5-6-19-15(22)12-4-2-1-3-11(12)14(21)18-19/h1-4,10,16H,5-9H2,(H,17,20)(H,18,21). The summed E-state index contributed by atoms with van der Waals surface area (Å²) in [5.41, 5.74) is -0.609. The summed E-state index contributed by atoms with van der Waals surface area (Å²) in [6, 6.07) is 6.66. The molecule has 116 valence electrons. The average molecular weight is 302 g/mol. The van der Waals surface area contributed by atoms with E-state index in [2.05, 4.69) is 15.7 Å². The molecule has 1 aliphatic rings. The molecule has 0 spiro atoms. The Bertz CT molecular complexity index is 804. The number of aromatic nitrogens is 2. The largest absolute Gasteiger partial charge is 0.356 e. The molecule has 0 radical (unpaired) electrons. The van der Waals surface area contributed by atoms with Crippen molar-refractivity contribution in [3.8, 4) is 0 Å². The number of amides is 1. The van der Waals surface area contributed by atoms with Crippen molar-refractivity contribution in [3.05, 3.63) is 45.0 Å². The number of carbonyl (C=O) groups is 1. The molecule has 1 aromatic heterocycles. The van der Waals surface area contributed by atoms with Gasteiger partial charge in [-0.05, 0) is 12.1 Å². The lowest BCUT2D eigenvalue weighted by molar-refractivity contribution is -0.121. The summed E-state index contributed by atoms with van der Waals surface area (Å²) in [4.78, 5) is 36.0. The maximum atomic E-state index is 12.3. The van der Waals surface area contributed by atoms with Gasteiger partial charge in [0.25, 0.3) is 11.1 Å². The third kappa shape index (κ3) is 2.94. The zero-order valence-electron chi connectivity index (χ0n) is 12.1. The van der Waals surface area contributed by atoms with Crippen LogP contribution in [-0.4, -0.2) is 35.3 Å². The van der Waals surface area contributed by atoms with Gasteiger partial charge >= 0.3 is 0 Å². The van der Waals surface area contributed by atoms with E-state index >= 15 is 0 Å². The fraction of sp³-hybridized carbons (Fsp3) is 0.400. The first-order chi connectivity index (χ1) is 10.6. The van der Waals surface area contributed by atoms with Crippen LogP contribution in [-0.2, 0) is 11.3 Å². The van der Waals surface area contributed by atoms with Crippen LogP contribution in [0, 0.1) is 5.92 Å². The second kappa shape index (κ2) is 6.15. The quantitative estimate of drug-likeness (QED) is 0.688. The van der Waals surface area contributed by atoms with Crippen molar-refractivity contribution in [2.75, 3.05) is 19.6 Å². The Morgan fingerprint density at radius 1 is 1.23 bits per heavy atom. The predicted molar refractivity (Wildman–Crippen MR) is 82.8 cm³/mol. The lowest BCUT2D eigenvalue weighted by atomic mass is 10.0. The van der Waals surface area contributed by atoms with Crippen molar-refractivity contribution in [1.82, 2.24) is 20.4 Å². The van der Waals surface area contributed by atoms with E-state index in [4.69, 9.17) is 0 Å². The Morgan fingerprint density at radius 3 is 2.64 bits per heavy atom. The Balaban J connectivity index is 1.68. The summed E-state index contributed by atoms with van der Waals surface area (Å²) in [6.45, 7) is 2.66. The van der Waals surface area contributed by atoms with Crippen molar-refractivity contribution >= 4 is 16.7 Å². The smallest absolute Gasteiger partial charge is 0.273 e. The topological polar surface area (TPSA) is 96.0 Å². The van der Waals surface area contributed by atoms with Gasteiger partial charge in [0, 0.05) is 32.0 Å². The molecular weight excluding hydrogens is 284 g/mol. The third-order valence-corrected chi connectivity index (χ3v) is 3.90. The lowest BCUT2D eigenvalue weighted by Crippen LogP contribution is -2.48. The summed E-state index contributed by atoms with van der Waals surface area (Å²) in [5, 5.41) is 9.23. The van der Waals surface area contributed by atoms with Crippen LogP contribution in [0.1, 0.15) is 6.42 Å². The van der Waals surface area contributed by atoms with E-state index in [-0.39, 0.29) is 30.0 Å². The maximum absolute atomic E-state index is 12.3. The molecule has 1 aliphatic heterocycles. The van der Waals surface area contributed by atoms with Crippen LogP contribution in [0.15, 0.2) is 33.9 Å². The highest BCUT2D eigenvalue weighted by molar-refractivity contribution is 5.80. The fourth-order valence-electron chi connectivity index (χ4n) is 2.46. The van der Waals surface area contributed by atoms with Crippen LogP contribution in [0.4, 0.5) is 0 Å². The second-order valence-corrected chi connectivity index (χ2v) is 5.52. The lowest BCUT2D eigenvalue weighted by Gasteiger charge is -2.27. The predicted octanol–water partition coefficient (Wildman–Crippen LogP) is -0.584. The molecule has 1 fully saturated rings. The first kappa shape index (κ1) is 14.5. The van der Waals surface area contributed by atoms with Gasteiger partial charge in [-0.3, -0.25) is 19.5 Å². The molecule has 22 heavy (non-hydrogen) atoms. The second-order valence-electron chi connectivity index (χ2n) is 5.52. The number of carbonyl (C=O) groups excluding carboxylic acids is 1. The molecule has 7 nitrogen and oxygen atoms in total.